The molecule has 0 spiro atoms. The molecule has 0 aromatic carbocycles. The van der Waals surface area contributed by atoms with Crippen molar-refractivity contribution in [3.8, 4) is 0 Å². The van der Waals surface area contributed by atoms with Gasteiger partial charge in [0.05, 0.1) is 6.10 Å². The second-order valence-electron chi connectivity index (χ2n) is 11.2. The average molecular weight is 559 g/mol. The van der Waals surface area contributed by atoms with Crippen LogP contribution in [0.1, 0.15) is 90.6 Å². The lowest BCUT2D eigenvalue weighted by Gasteiger charge is -2.32. The Morgan fingerprint density at radius 1 is 1.05 bits per heavy atom. The van der Waals surface area contributed by atoms with Gasteiger partial charge >= 0.3 is 6.18 Å². The zero-order valence-corrected chi connectivity index (χ0v) is 23.0. The Bertz CT molecular complexity index is 1320. The summed E-state index contributed by atoms with van der Waals surface area (Å²) in [5.74, 6) is 0.580. The van der Waals surface area contributed by atoms with Crippen LogP contribution in [-0.4, -0.2) is 67.3 Å². The molecule has 2 aliphatic rings. The summed E-state index contributed by atoms with van der Waals surface area (Å²) in [6.07, 6.45) is 3.31. The van der Waals surface area contributed by atoms with E-state index in [0.29, 0.717) is 24.6 Å². The number of alkyl halides is 3. The van der Waals surface area contributed by atoms with Gasteiger partial charge in [0.2, 0.25) is 5.95 Å². The molecule has 1 aliphatic heterocycles. The van der Waals surface area contributed by atoms with Crippen molar-refractivity contribution >= 4 is 22.9 Å². The molecule has 0 radical (unpaired) electrons. The number of fused-ring (bicyclic) bond motifs is 1. The fourth-order valence-corrected chi connectivity index (χ4v) is 6.10. The zero-order chi connectivity index (χ0) is 28.4. The van der Waals surface area contributed by atoms with Gasteiger partial charge in [0.25, 0.3) is 5.91 Å². The number of aryl methyl sites for hydroxylation is 2. The van der Waals surface area contributed by atoms with Gasteiger partial charge in [-0.05, 0) is 82.4 Å². The number of carbonyl (C=O) groups is 1. The fourth-order valence-electron chi connectivity index (χ4n) is 6.10. The summed E-state index contributed by atoms with van der Waals surface area (Å²) in [4.78, 5) is 28.6. The minimum absolute atomic E-state index is 0.0276. The maximum Gasteiger partial charge on any atom is 0.389 e. The van der Waals surface area contributed by atoms with Crippen molar-refractivity contribution in [1.29, 1.82) is 0 Å². The highest BCUT2D eigenvalue weighted by atomic mass is 19.4. The summed E-state index contributed by atoms with van der Waals surface area (Å²) >= 11 is 0. The van der Waals surface area contributed by atoms with E-state index >= 15 is 0 Å². The molecule has 40 heavy (non-hydrogen) atoms. The largest absolute Gasteiger partial charge is 0.393 e. The molecule has 5 rings (SSSR count). The van der Waals surface area contributed by atoms with Gasteiger partial charge in [-0.25, -0.2) is 4.98 Å². The normalized spacial score (nSPS) is 20.7. The number of aliphatic hydroxyl groups is 1. The molecule has 1 saturated heterocycles. The van der Waals surface area contributed by atoms with Crippen LogP contribution in [0, 0.1) is 13.8 Å². The van der Waals surface area contributed by atoms with E-state index in [1.807, 2.05) is 30.9 Å². The molecule has 1 saturated carbocycles. The molecular weight excluding hydrogens is 521 g/mol. The maximum absolute atomic E-state index is 13.2. The van der Waals surface area contributed by atoms with Crippen LogP contribution in [0.2, 0.25) is 0 Å². The van der Waals surface area contributed by atoms with Crippen molar-refractivity contribution in [2.24, 2.45) is 0 Å². The number of aromatic nitrogens is 4. The van der Waals surface area contributed by atoms with E-state index in [0.717, 1.165) is 66.5 Å². The Balaban J connectivity index is 1.34. The minimum Gasteiger partial charge on any atom is -0.393 e. The molecule has 2 fully saturated rings. The highest BCUT2D eigenvalue weighted by Gasteiger charge is 2.30. The topological polar surface area (TPSA) is 96.2 Å². The number of hydrogen-bond donors (Lipinski definition) is 2. The first-order chi connectivity index (χ1) is 19.1. The van der Waals surface area contributed by atoms with Gasteiger partial charge < -0.3 is 19.9 Å². The molecule has 216 valence electrons. The smallest absolute Gasteiger partial charge is 0.389 e. The molecule has 8 nitrogen and oxygen atoms in total. The van der Waals surface area contributed by atoms with Gasteiger partial charge in [0.1, 0.15) is 5.65 Å². The standard InChI is InChI=1S/C29H37F3N6O2/c1-18-14-21(15-19(2)35-18)27(40)37-12-8-20(9-13-37)25-17-38(22-4-6-23(39)7-5-22)26-24(25)16-34-28(36-26)33-11-3-10-29(30,31)32/h14-17,20,22-23,39H,3-13H2,1-2H3,(H,33,34,36)/t22-,23-. The van der Waals surface area contributed by atoms with Crippen LogP contribution in [0.25, 0.3) is 11.0 Å². The van der Waals surface area contributed by atoms with Gasteiger partial charge in [0.15, 0.2) is 0 Å². The van der Waals surface area contributed by atoms with Crippen LogP contribution in [0.15, 0.2) is 24.5 Å². The second-order valence-corrected chi connectivity index (χ2v) is 11.2. The first-order valence-corrected chi connectivity index (χ1v) is 14.2. The molecule has 0 atom stereocenters. The predicted octanol–water partition coefficient (Wildman–Crippen LogP) is 5.69. The molecule has 3 aromatic heterocycles. The Morgan fingerprint density at radius 3 is 2.38 bits per heavy atom. The highest BCUT2D eigenvalue weighted by Crippen LogP contribution is 2.38. The van der Waals surface area contributed by atoms with E-state index in [1.54, 1.807) is 6.20 Å². The van der Waals surface area contributed by atoms with Gasteiger partial charge in [-0.2, -0.15) is 18.2 Å². The molecule has 3 aromatic rings. The van der Waals surface area contributed by atoms with Crippen LogP contribution in [0.4, 0.5) is 19.1 Å². The van der Waals surface area contributed by atoms with Crippen molar-refractivity contribution in [1.82, 2.24) is 24.4 Å². The highest BCUT2D eigenvalue weighted by molar-refractivity contribution is 5.94. The lowest BCUT2D eigenvalue weighted by molar-refractivity contribution is -0.134. The number of pyridine rings is 1. The number of piperidine rings is 1. The molecule has 4 heterocycles. The average Bonchev–Trinajstić information content (AvgIpc) is 3.29. The lowest BCUT2D eigenvalue weighted by atomic mass is 9.89. The van der Waals surface area contributed by atoms with E-state index < -0.39 is 12.6 Å². The van der Waals surface area contributed by atoms with Crippen molar-refractivity contribution in [3.05, 3.63) is 47.0 Å². The number of aliphatic hydroxyl groups excluding tert-OH is 1. The number of carbonyl (C=O) groups excluding carboxylic acids is 1. The van der Waals surface area contributed by atoms with E-state index in [-0.39, 0.29) is 36.9 Å². The lowest BCUT2D eigenvalue weighted by Crippen LogP contribution is -2.38. The first kappa shape index (κ1) is 28.3. The molecule has 0 unspecified atom stereocenters. The van der Waals surface area contributed by atoms with Gasteiger partial charge in [-0.15, -0.1) is 0 Å². The van der Waals surface area contributed by atoms with Crippen LogP contribution < -0.4 is 5.32 Å². The number of rotatable bonds is 7. The quantitative estimate of drug-likeness (QED) is 0.362. The van der Waals surface area contributed by atoms with Crippen molar-refractivity contribution in [3.63, 3.8) is 0 Å². The number of nitrogens with zero attached hydrogens (tertiary/aromatic N) is 5. The third-order valence-electron chi connectivity index (χ3n) is 8.13. The Hall–Kier alpha value is -3.21. The Labute approximate surface area is 232 Å². The minimum atomic E-state index is -4.18. The number of amides is 1. The summed E-state index contributed by atoms with van der Waals surface area (Å²) in [6.45, 7) is 5.21. The van der Waals surface area contributed by atoms with Gasteiger partial charge in [-0.3, -0.25) is 9.78 Å². The first-order valence-electron chi connectivity index (χ1n) is 14.2. The third kappa shape index (κ3) is 6.56. The van der Waals surface area contributed by atoms with Crippen molar-refractivity contribution in [2.75, 3.05) is 25.0 Å². The van der Waals surface area contributed by atoms with Crippen LogP contribution in [0.5, 0.6) is 0 Å². The SMILES string of the molecule is Cc1cc(C(=O)N2CCC(c3cn([C@H]4CC[C@H](O)CC4)c4nc(NCCCC(F)(F)F)ncc34)CC2)cc(C)n1. The molecule has 1 aliphatic carbocycles. The predicted molar refractivity (Wildman–Crippen MR) is 146 cm³/mol. The summed E-state index contributed by atoms with van der Waals surface area (Å²) in [6, 6.07) is 3.86. The number of halogens is 3. The number of nitrogens with one attached hydrogen (secondary N) is 1. The summed E-state index contributed by atoms with van der Waals surface area (Å²) in [7, 11) is 0. The van der Waals surface area contributed by atoms with E-state index in [1.165, 1.54) is 0 Å². The summed E-state index contributed by atoms with van der Waals surface area (Å²) in [5, 5.41) is 13.9. The van der Waals surface area contributed by atoms with Crippen molar-refractivity contribution < 1.29 is 23.1 Å². The number of likely N-dealkylation sites (tertiary alicyclic amines) is 1. The third-order valence-corrected chi connectivity index (χ3v) is 8.13. The molecular formula is C29H37F3N6O2. The van der Waals surface area contributed by atoms with Gasteiger partial charge in [0, 0.05) is 66.8 Å². The monoisotopic (exact) mass is 558 g/mol. The van der Waals surface area contributed by atoms with Crippen LogP contribution >= 0.6 is 0 Å². The summed E-state index contributed by atoms with van der Waals surface area (Å²) in [5.41, 5.74) is 4.24. The molecule has 1 amide bonds. The van der Waals surface area contributed by atoms with E-state index in [4.69, 9.17) is 4.98 Å². The number of anilines is 1. The molecule has 11 heteroatoms. The van der Waals surface area contributed by atoms with E-state index in [2.05, 4.69) is 26.0 Å². The molecule has 2 N–H and O–H groups in total. The fraction of sp³-hybridized carbons (Fsp3) is 0.586. The number of hydrogen-bond acceptors (Lipinski definition) is 6. The van der Waals surface area contributed by atoms with Crippen LogP contribution in [0.3, 0.4) is 0 Å². The van der Waals surface area contributed by atoms with Crippen molar-refractivity contribution in [2.45, 2.75) is 89.5 Å². The zero-order valence-electron chi connectivity index (χ0n) is 23.0. The second kappa shape index (κ2) is 11.7. The van der Waals surface area contributed by atoms with E-state index in [9.17, 15) is 23.1 Å². The Morgan fingerprint density at radius 2 is 1.73 bits per heavy atom. The Kier molecular flexibility index (Phi) is 8.30. The summed E-state index contributed by atoms with van der Waals surface area (Å²) < 4.78 is 39.8. The van der Waals surface area contributed by atoms with Crippen LogP contribution in [-0.2, 0) is 0 Å². The molecule has 0 bridgehead atoms. The maximum atomic E-state index is 13.2. The van der Waals surface area contributed by atoms with Gasteiger partial charge in [-0.1, -0.05) is 0 Å².